The third-order valence-corrected chi connectivity index (χ3v) is 4.01. The minimum absolute atomic E-state index is 0.320. The second-order valence-electron chi connectivity index (χ2n) is 5.83. The van der Waals surface area contributed by atoms with Crippen LogP contribution in [0.4, 0.5) is 0 Å². The Morgan fingerprint density at radius 3 is 2.05 bits per heavy atom. The molecule has 20 heavy (non-hydrogen) atoms. The Labute approximate surface area is 124 Å². The molecule has 0 aromatic rings. The maximum atomic E-state index is 12.5. The van der Waals surface area contributed by atoms with Crippen LogP contribution in [0.1, 0.15) is 52.9 Å². The van der Waals surface area contributed by atoms with Gasteiger partial charge in [0.15, 0.2) is 0 Å². The normalized spacial score (nSPS) is 16.6. The molecule has 0 aromatic heterocycles. The molecule has 4 heteroatoms. The summed E-state index contributed by atoms with van der Waals surface area (Å²) < 4.78 is 0. The summed E-state index contributed by atoms with van der Waals surface area (Å²) in [5.41, 5.74) is 0. The Morgan fingerprint density at radius 2 is 1.55 bits per heavy atom. The Hall–Kier alpha value is -0.610. The molecule has 1 heterocycles. The maximum absolute atomic E-state index is 12.5. The van der Waals surface area contributed by atoms with Gasteiger partial charge in [0, 0.05) is 19.1 Å². The molecule has 0 aromatic carbocycles. The summed E-state index contributed by atoms with van der Waals surface area (Å²) >= 11 is 0. The van der Waals surface area contributed by atoms with Gasteiger partial charge in [-0.25, -0.2) is 0 Å². The van der Waals surface area contributed by atoms with Gasteiger partial charge in [0.05, 0.1) is 6.54 Å². The summed E-state index contributed by atoms with van der Waals surface area (Å²) in [6.07, 6.45) is 5.57. The Balaban J connectivity index is 2.55. The van der Waals surface area contributed by atoms with Gasteiger partial charge < -0.3 is 10.2 Å². The lowest BCUT2D eigenvalue weighted by molar-refractivity contribution is -0.133. The van der Waals surface area contributed by atoms with Crippen LogP contribution in [0.25, 0.3) is 0 Å². The van der Waals surface area contributed by atoms with Crippen LogP contribution in [-0.4, -0.2) is 61.0 Å². The van der Waals surface area contributed by atoms with E-state index in [4.69, 9.17) is 0 Å². The third-order valence-electron chi connectivity index (χ3n) is 4.01. The van der Waals surface area contributed by atoms with Gasteiger partial charge >= 0.3 is 0 Å². The van der Waals surface area contributed by atoms with Crippen molar-refractivity contribution in [3.8, 4) is 0 Å². The van der Waals surface area contributed by atoms with Gasteiger partial charge in [0.1, 0.15) is 0 Å². The fourth-order valence-corrected chi connectivity index (χ4v) is 3.02. The molecule has 0 spiro atoms. The highest BCUT2D eigenvalue weighted by Crippen LogP contribution is 2.13. The van der Waals surface area contributed by atoms with E-state index in [0.29, 0.717) is 18.5 Å². The number of amides is 1. The van der Waals surface area contributed by atoms with E-state index in [0.717, 1.165) is 52.0 Å². The Morgan fingerprint density at radius 1 is 1.00 bits per heavy atom. The van der Waals surface area contributed by atoms with Crippen LogP contribution in [0, 0.1) is 0 Å². The highest BCUT2D eigenvalue weighted by molar-refractivity contribution is 5.78. The smallest absolute Gasteiger partial charge is 0.236 e. The van der Waals surface area contributed by atoms with Crippen molar-refractivity contribution in [2.24, 2.45) is 0 Å². The molecule has 1 saturated heterocycles. The molecule has 0 saturated carbocycles. The summed E-state index contributed by atoms with van der Waals surface area (Å²) in [4.78, 5) is 17.0. The fourth-order valence-electron chi connectivity index (χ4n) is 3.02. The zero-order valence-electron chi connectivity index (χ0n) is 13.7. The number of rotatable bonds is 9. The van der Waals surface area contributed by atoms with Crippen molar-refractivity contribution in [3.05, 3.63) is 0 Å². The van der Waals surface area contributed by atoms with Gasteiger partial charge in [-0.1, -0.05) is 20.8 Å². The van der Waals surface area contributed by atoms with Crippen LogP contribution in [0.3, 0.4) is 0 Å². The van der Waals surface area contributed by atoms with Gasteiger partial charge in [-0.15, -0.1) is 0 Å². The average molecular weight is 283 g/mol. The standard InChI is InChI=1S/C16H33N3O/c1-4-11-18(12-5-2)16(20)14-19(13-6-3)15-7-9-17-10-8-15/h15,17H,4-14H2,1-3H3. The molecule has 0 unspecified atom stereocenters. The van der Waals surface area contributed by atoms with Crippen molar-refractivity contribution in [3.63, 3.8) is 0 Å². The van der Waals surface area contributed by atoms with E-state index >= 15 is 0 Å². The maximum Gasteiger partial charge on any atom is 0.236 e. The first-order valence-corrected chi connectivity index (χ1v) is 8.45. The van der Waals surface area contributed by atoms with E-state index < -0.39 is 0 Å². The largest absolute Gasteiger partial charge is 0.342 e. The Bertz CT molecular complexity index is 258. The molecular formula is C16H33N3O. The molecule has 0 radical (unpaired) electrons. The molecule has 1 amide bonds. The van der Waals surface area contributed by atoms with Crippen LogP contribution in [0.2, 0.25) is 0 Å². The number of carbonyl (C=O) groups is 1. The van der Waals surface area contributed by atoms with Crippen molar-refractivity contribution in [1.82, 2.24) is 15.1 Å². The quantitative estimate of drug-likeness (QED) is 0.704. The summed E-state index contributed by atoms with van der Waals surface area (Å²) in [5.74, 6) is 0.320. The van der Waals surface area contributed by atoms with Crippen LogP contribution in [0.15, 0.2) is 0 Å². The number of hydrogen-bond acceptors (Lipinski definition) is 3. The minimum Gasteiger partial charge on any atom is -0.342 e. The van der Waals surface area contributed by atoms with Crippen molar-refractivity contribution >= 4 is 5.91 Å². The molecule has 118 valence electrons. The molecular weight excluding hydrogens is 250 g/mol. The van der Waals surface area contributed by atoms with Gasteiger partial charge in [-0.2, -0.15) is 0 Å². The van der Waals surface area contributed by atoms with Crippen LogP contribution in [0.5, 0.6) is 0 Å². The van der Waals surface area contributed by atoms with Crippen molar-refractivity contribution in [2.75, 3.05) is 39.3 Å². The predicted octanol–water partition coefficient (Wildman–Crippen LogP) is 2.10. The molecule has 1 fully saturated rings. The molecule has 0 aliphatic carbocycles. The highest BCUT2D eigenvalue weighted by atomic mass is 16.2. The van der Waals surface area contributed by atoms with Crippen molar-refractivity contribution in [2.45, 2.75) is 58.9 Å². The lowest BCUT2D eigenvalue weighted by Crippen LogP contribution is -2.48. The first kappa shape index (κ1) is 17.4. The van der Waals surface area contributed by atoms with Gasteiger partial charge in [-0.3, -0.25) is 9.69 Å². The lowest BCUT2D eigenvalue weighted by atomic mass is 10.0. The van der Waals surface area contributed by atoms with Gasteiger partial charge in [-0.05, 0) is 51.7 Å². The monoisotopic (exact) mass is 283 g/mol. The van der Waals surface area contributed by atoms with Crippen LogP contribution in [-0.2, 0) is 4.79 Å². The average Bonchev–Trinajstić information content (AvgIpc) is 2.47. The summed E-state index contributed by atoms with van der Waals surface area (Å²) in [6.45, 7) is 12.1. The third kappa shape index (κ3) is 5.80. The summed E-state index contributed by atoms with van der Waals surface area (Å²) in [6, 6.07) is 0.588. The molecule has 1 aliphatic heterocycles. The highest BCUT2D eigenvalue weighted by Gasteiger charge is 2.24. The predicted molar refractivity (Wildman–Crippen MR) is 84.9 cm³/mol. The van der Waals surface area contributed by atoms with E-state index in [1.807, 2.05) is 4.90 Å². The second kappa shape index (κ2) is 10.2. The van der Waals surface area contributed by atoms with E-state index in [1.54, 1.807) is 0 Å². The lowest BCUT2D eigenvalue weighted by Gasteiger charge is -2.35. The second-order valence-corrected chi connectivity index (χ2v) is 5.83. The Kier molecular flexibility index (Phi) is 8.86. The number of carbonyl (C=O) groups excluding carboxylic acids is 1. The first-order valence-electron chi connectivity index (χ1n) is 8.45. The number of nitrogens with one attached hydrogen (secondary N) is 1. The SMILES string of the molecule is CCCN(CCC)C(=O)CN(CCC)C1CCNCC1. The summed E-state index contributed by atoms with van der Waals surface area (Å²) in [5, 5.41) is 3.41. The molecule has 1 N–H and O–H groups in total. The van der Waals surface area contributed by atoms with E-state index in [9.17, 15) is 4.79 Å². The van der Waals surface area contributed by atoms with Gasteiger partial charge in [0.2, 0.25) is 5.91 Å². The van der Waals surface area contributed by atoms with Crippen LogP contribution >= 0.6 is 0 Å². The first-order chi connectivity index (χ1) is 9.72. The van der Waals surface area contributed by atoms with E-state index in [1.165, 1.54) is 12.8 Å². The molecule has 1 aliphatic rings. The molecule has 0 bridgehead atoms. The zero-order chi connectivity index (χ0) is 14.8. The molecule has 1 rings (SSSR count). The summed E-state index contributed by atoms with van der Waals surface area (Å²) in [7, 11) is 0. The zero-order valence-corrected chi connectivity index (χ0v) is 13.7. The molecule has 0 atom stereocenters. The minimum atomic E-state index is 0.320. The van der Waals surface area contributed by atoms with Crippen molar-refractivity contribution in [1.29, 1.82) is 0 Å². The van der Waals surface area contributed by atoms with Crippen LogP contribution < -0.4 is 5.32 Å². The fraction of sp³-hybridized carbons (Fsp3) is 0.938. The topological polar surface area (TPSA) is 35.6 Å². The van der Waals surface area contributed by atoms with Gasteiger partial charge in [0.25, 0.3) is 0 Å². The van der Waals surface area contributed by atoms with E-state index in [2.05, 4.69) is 31.0 Å². The number of hydrogen-bond donors (Lipinski definition) is 1. The van der Waals surface area contributed by atoms with Crippen molar-refractivity contribution < 1.29 is 4.79 Å². The number of nitrogens with zero attached hydrogens (tertiary/aromatic N) is 2. The molecule has 4 nitrogen and oxygen atoms in total. The number of piperidine rings is 1. The van der Waals surface area contributed by atoms with E-state index in [-0.39, 0.29) is 0 Å².